The molecule has 2 N–H and O–H groups in total. The summed E-state index contributed by atoms with van der Waals surface area (Å²) in [6.45, 7) is 1.52. The van der Waals surface area contributed by atoms with Crippen LogP contribution >= 0.6 is 0 Å². The zero-order valence-electron chi connectivity index (χ0n) is 21.0. The van der Waals surface area contributed by atoms with Gasteiger partial charge in [-0.25, -0.2) is 9.59 Å². The molecular weight excluding hydrogens is 472 g/mol. The van der Waals surface area contributed by atoms with Crippen LogP contribution in [0.1, 0.15) is 29.5 Å². The first-order valence-corrected chi connectivity index (χ1v) is 12.0. The number of amides is 2. The van der Waals surface area contributed by atoms with E-state index in [0.29, 0.717) is 5.75 Å². The van der Waals surface area contributed by atoms with Gasteiger partial charge in [-0.3, -0.25) is 4.79 Å². The fourth-order valence-corrected chi connectivity index (χ4v) is 4.58. The van der Waals surface area contributed by atoms with Gasteiger partial charge in [0.25, 0.3) is 0 Å². The molecule has 2 atom stereocenters. The first-order valence-electron chi connectivity index (χ1n) is 12.0. The van der Waals surface area contributed by atoms with E-state index in [1.165, 1.54) is 14.0 Å². The number of likely N-dealkylation sites (N-methyl/N-ethyl adjacent to an activating group) is 1. The van der Waals surface area contributed by atoms with Crippen LogP contribution in [0.3, 0.4) is 0 Å². The molecule has 0 fully saturated rings. The lowest BCUT2D eigenvalue weighted by Crippen LogP contribution is -2.52. The lowest BCUT2D eigenvalue weighted by atomic mass is 9.98. The van der Waals surface area contributed by atoms with Gasteiger partial charge >= 0.3 is 12.1 Å². The van der Waals surface area contributed by atoms with Gasteiger partial charge in [0.15, 0.2) is 0 Å². The second-order valence-electron chi connectivity index (χ2n) is 9.04. The van der Waals surface area contributed by atoms with Gasteiger partial charge in [0.2, 0.25) is 5.91 Å². The molecule has 3 aromatic rings. The smallest absolute Gasteiger partial charge is 0.407 e. The Morgan fingerprint density at radius 2 is 1.51 bits per heavy atom. The lowest BCUT2D eigenvalue weighted by molar-refractivity contribution is -0.148. The monoisotopic (exact) mass is 502 g/mol. The van der Waals surface area contributed by atoms with Crippen LogP contribution in [-0.2, 0) is 20.7 Å². The van der Waals surface area contributed by atoms with Crippen molar-refractivity contribution in [3.63, 3.8) is 0 Å². The van der Waals surface area contributed by atoms with Crippen LogP contribution in [0.15, 0.2) is 72.8 Å². The molecule has 0 unspecified atom stereocenters. The Labute approximate surface area is 215 Å². The molecule has 0 aromatic heterocycles. The molecular formula is C29H30N2O6. The SMILES string of the molecule is COc1ccc(C[C@H](NC(=O)OCC2c3ccccc3-c3ccccc32)C(=O)N(C)[C@@H](C)C(=O)O)cc1. The number of carbonyl (C=O) groups excluding carboxylic acids is 2. The van der Waals surface area contributed by atoms with E-state index >= 15 is 0 Å². The summed E-state index contributed by atoms with van der Waals surface area (Å²) in [4.78, 5) is 38.7. The highest BCUT2D eigenvalue weighted by atomic mass is 16.5. The Morgan fingerprint density at radius 1 is 0.946 bits per heavy atom. The molecule has 0 saturated heterocycles. The molecule has 2 amide bonds. The number of carboxylic acids is 1. The molecule has 0 aliphatic heterocycles. The minimum absolute atomic E-state index is 0.102. The van der Waals surface area contributed by atoms with E-state index in [9.17, 15) is 19.5 Å². The van der Waals surface area contributed by atoms with Crippen molar-refractivity contribution in [2.45, 2.75) is 31.3 Å². The van der Waals surface area contributed by atoms with Crippen molar-refractivity contribution in [2.24, 2.45) is 0 Å². The number of methoxy groups -OCH3 is 1. The van der Waals surface area contributed by atoms with Crippen molar-refractivity contribution in [1.82, 2.24) is 10.2 Å². The first-order chi connectivity index (χ1) is 17.8. The lowest BCUT2D eigenvalue weighted by Gasteiger charge is -2.27. The standard InChI is InChI=1S/C29H30N2O6/c1-18(28(33)34)31(2)27(32)26(16-19-12-14-20(36-3)15-13-19)30-29(35)37-17-25-23-10-6-4-8-21(23)22-9-5-7-11-24(22)25/h4-15,18,25-26H,16-17H2,1-3H3,(H,30,35)(H,33,34)/t18-,26-/m0/s1. The number of rotatable bonds is 9. The summed E-state index contributed by atoms with van der Waals surface area (Å²) in [6, 6.07) is 21.1. The van der Waals surface area contributed by atoms with E-state index in [1.807, 2.05) is 36.4 Å². The van der Waals surface area contributed by atoms with Crippen LogP contribution in [0.5, 0.6) is 5.75 Å². The highest BCUT2D eigenvalue weighted by molar-refractivity contribution is 5.89. The molecule has 37 heavy (non-hydrogen) atoms. The largest absolute Gasteiger partial charge is 0.497 e. The van der Waals surface area contributed by atoms with Crippen molar-refractivity contribution in [3.05, 3.63) is 89.5 Å². The van der Waals surface area contributed by atoms with Crippen molar-refractivity contribution < 1.29 is 29.0 Å². The second-order valence-corrected chi connectivity index (χ2v) is 9.04. The van der Waals surface area contributed by atoms with Crippen molar-refractivity contribution in [1.29, 1.82) is 0 Å². The fourth-order valence-electron chi connectivity index (χ4n) is 4.58. The summed E-state index contributed by atoms with van der Waals surface area (Å²) >= 11 is 0. The molecule has 3 aromatic carbocycles. The van der Waals surface area contributed by atoms with Gasteiger partial charge in [0, 0.05) is 19.4 Å². The number of fused-ring (bicyclic) bond motifs is 3. The van der Waals surface area contributed by atoms with Crippen LogP contribution in [0, 0.1) is 0 Å². The van der Waals surface area contributed by atoms with E-state index in [4.69, 9.17) is 9.47 Å². The molecule has 0 bridgehead atoms. The third-order valence-electron chi connectivity index (χ3n) is 6.82. The predicted molar refractivity (Wildman–Crippen MR) is 139 cm³/mol. The molecule has 0 radical (unpaired) electrons. The summed E-state index contributed by atoms with van der Waals surface area (Å²) in [5, 5.41) is 12.0. The zero-order chi connectivity index (χ0) is 26.5. The molecule has 192 valence electrons. The van der Waals surface area contributed by atoms with Gasteiger partial charge in [-0.05, 0) is 46.9 Å². The van der Waals surface area contributed by atoms with E-state index < -0.39 is 30.1 Å². The molecule has 4 rings (SSSR count). The quantitative estimate of drug-likeness (QED) is 0.457. The summed E-state index contributed by atoms with van der Waals surface area (Å²) < 4.78 is 10.8. The number of hydrogen-bond acceptors (Lipinski definition) is 5. The Kier molecular flexibility index (Phi) is 7.77. The maximum Gasteiger partial charge on any atom is 0.407 e. The number of carbonyl (C=O) groups is 3. The third-order valence-corrected chi connectivity index (χ3v) is 6.82. The Morgan fingerprint density at radius 3 is 2.05 bits per heavy atom. The van der Waals surface area contributed by atoms with Gasteiger partial charge < -0.3 is 24.8 Å². The predicted octanol–water partition coefficient (Wildman–Crippen LogP) is 4.08. The molecule has 1 aliphatic rings. The molecule has 0 saturated carbocycles. The van der Waals surface area contributed by atoms with Crippen LogP contribution in [0.2, 0.25) is 0 Å². The van der Waals surface area contributed by atoms with Crippen molar-refractivity contribution in [3.8, 4) is 16.9 Å². The minimum atomic E-state index is -1.14. The van der Waals surface area contributed by atoms with Crippen LogP contribution < -0.4 is 10.1 Å². The van der Waals surface area contributed by atoms with E-state index in [2.05, 4.69) is 17.4 Å². The fraction of sp³-hybridized carbons (Fsp3) is 0.276. The van der Waals surface area contributed by atoms with Crippen LogP contribution in [-0.4, -0.2) is 60.8 Å². The topological polar surface area (TPSA) is 105 Å². The normalized spacial score (nSPS) is 13.6. The summed E-state index contributed by atoms with van der Waals surface area (Å²) in [5.41, 5.74) is 5.16. The molecule has 1 aliphatic carbocycles. The highest BCUT2D eigenvalue weighted by Crippen LogP contribution is 2.44. The molecule has 0 heterocycles. The minimum Gasteiger partial charge on any atom is -0.497 e. The van der Waals surface area contributed by atoms with Gasteiger partial charge in [-0.15, -0.1) is 0 Å². The van der Waals surface area contributed by atoms with Gasteiger partial charge in [-0.2, -0.15) is 0 Å². The van der Waals surface area contributed by atoms with Crippen LogP contribution in [0.25, 0.3) is 11.1 Å². The Balaban J connectivity index is 1.49. The maximum atomic E-state index is 13.2. The Bertz CT molecular complexity index is 1240. The number of hydrogen-bond donors (Lipinski definition) is 2. The summed E-state index contributed by atoms with van der Waals surface area (Å²) in [5.74, 6) is -1.13. The number of nitrogens with one attached hydrogen (secondary N) is 1. The number of benzene rings is 3. The van der Waals surface area contributed by atoms with Gasteiger partial charge in [0.05, 0.1) is 7.11 Å². The number of aliphatic carboxylic acids is 1. The van der Waals surface area contributed by atoms with E-state index in [1.54, 1.807) is 31.4 Å². The summed E-state index contributed by atoms with van der Waals surface area (Å²) in [6.07, 6.45) is -0.589. The highest BCUT2D eigenvalue weighted by Gasteiger charge is 2.32. The van der Waals surface area contributed by atoms with E-state index in [-0.39, 0.29) is 18.9 Å². The van der Waals surface area contributed by atoms with E-state index in [0.717, 1.165) is 32.7 Å². The first kappa shape index (κ1) is 25.8. The van der Waals surface area contributed by atoms with Gasteiger partial charge in [-0.1, -0.05) is 60.7 Å². The summed E-state index contributed by atoms with van der Waals surface area (Å²) in [7, 11) is 2.96. The maximum absolute atomic E-state index is 13.2. The zero-order valence-corrected chi connectivity index (χ0v) is 21.0. The number of carboxylic acid groups (broad SMARTS) is 1. The number of ether oxygens (including phenoxy) is 2. The average Bonchev–Trinajstić information content (AvgIpc) is 3.24. The second kappa shape index (κ2) is 11.2. The van der Waals surface area contributed by atoms with Crippen molar-refractivity contribution >= 4 is 18.0 Å². The van der Waals surface area contributed by atoms with Crippen LogP contribution in [0.4, 0.5) is 4.79 Å². The van der Waals surface area contributed by atoms with Crippen molar-refractivity contribution in [2.75, 3.05) is 20.8 Å². The molecule has 8 nitrogen and oxygen atoms in total. The molecule has 8 heteroatoms. The number of nitrogens with zero attached hydrogens (tertiary/aromatic N) is 1. The average molecular weight is 503 g/mol. The number of alkyl carbamates (subject to hydrolysis) is 1. The third kappa shape index (κ3) is 5.58. The van der Waals surface area contributed by atoms with Gasteiger partial charge in [0.1, 0.15) is 24.4 Å². The Hall–Kier alpha value is -4.33. The molecule has 0 spiro atoms.